The fraction of sp³-hybridized carbons (Fsp3) is 0.346. The standard InChI is InChI=1S/C26H30N4O2/c1-18-6-5-7-22(14-18)32-17-26(31)30-12-10-29(11-13-30)25-9-8-24(27-28-25)23-16-20(3)19(2)15-21(23)4/h5-9,14-16H,10-13,17H2,1-4H3. The highest BCUT2D eigenvalue weighted by atomic mass is 16.5. The fourth-order valence-corrected chi connectivity index (χ4v) is 4.00. The number of anilines is 1. The van der Waals surface area contributed by atoms with E-state index < -0.39 is 0 Å². The molecule has 2 aromatic carbocycles. The number of piperazine rings is 1. The minimum absolute atomic E-state index is 0.0119. The summed E-state index contributed by atoms with van der Waals surface area (Å²) in [5.41, 5.74) is 6.86. The molecule has 6 nitrogen and oxygen atoms in total. The van der Waals surface area contributed by atoms with Crippen LogP contribution in [0.5, 0.6) is 5.75 Å². The SMILES string of the molecule is Cc1cccc(OCC(=O)N2CCN(c3ccc(-c4cc(C)c(C)cc4C)nn3)CC2)c1. The molecule has 0 unspecified atom stereocenters. The van der Waals surface area contributed by atoms with E-state index >= 15 is 0 Å². The maximum atomic E-state index is 12.5. The smallest absolute Gasteiger partial charge is 0.260 e. The van der Waals surface area contributed by atoms with Crippen LogP contribution in [-0.4, -0.2) is 53.8 Å². The second-order valence-electron chi connectivity index (χ2n) is 8.50. The molecule has 3 aromatic rings. The first-order valence-corrected chi connectivity index (χ1v) is 11.0. The lowest BCUT2D eigenvalue weighted by atomic mass is 9.99. The summed E-state index contributed by atoms with van der Waals surface area (Å²) in [5.74, 6) is 1.59. The van der Waals surface area contributed by atoms with Crippen molar-refractivity contribution in [1.82, 2.24) is 15.1 Å². The minimum Gasteiger partial charge on any atom is -0.484 e. The minimum atomic E-state index is 0.0119. The van der Waals surface area contributed by atoms with Crippen molar-refractivity contribution >= 4 is 11.7 Å². The Morgan fingerprint density at radius 2 is 1.62 bits per heavy atom. The number of hydrogen-bond donors (Lipinski definition) is 0. The van der Waals surface area contributed by atoms with Crippen molar-refractivity contribution in [3.63, 3.8) is 0 Å². The Hall–Kier alpha value is -3.41. The van der Waals surface area contributed by atoms with Crippen LogP contribution in [0.15, 0.2) is 48.5 Å². The van der Waals surface area contributed by atoms with Gasteiger partial charge in [-0.25, -0.2) is 0 Å². The van der Waals surface area contributed by atoms with E-state index in [-0.39, 0.29) is 12.5 Å². The van der Waals surface area contributed by atoms with Crippen molar-refractivity contribution in [2.24, 2.45) is 0 Å². The summed E-state index contributed by atoms with van der Waals surface area (Å²) in [7, 11) is 0. The van der Waals surface area contributed by atoms with E-state index in [1.54, 1.807) is 0 Å². The van der Waals surface area contributed by atoms with Crippen molar-refractivity contribution in [3.05, 3.63) is 70.8 Å². The number of aromatic nitrogens is 2. The van der Waals surface area contributed by atoms with Crippen LogP contribution in [0.25, 0.3) is 11.3 Å². The van der Waals surface area contributed by atoms with Crippen molar-refractivity contribution in [1.29, 1.82) is 0 Å². The number of carbonyl (C=O) groups excluding carboxylic acids is 1. The van der Waals surface area contributed by atoms with Crippen molar-refractivity contribution in [2.45, 2.75) is 27.7 Å². The molecule has 1 fully saturated rings. The molecule has 0 bridgehead atoms. The molecular weight excluding hydrogens is 400 g/mol. The molecule has 1 aromatic heterocycles. The van der Waals surface area contributed by atoms with Gasteiger partial charge in [-0.3, -0.25) is 4.79 Å². The maximum absolute atomic E-state index is 12.5. The van der Waals surface area contributed by atoms with E-state index in [2.05, 4.69) is 48.0 Å². The van der Waals surface area contributed by atoms with Crippen molar-refractivity contribution in [2.75, 3.05) is 37.7 Å². The lowest BCUT2D eigenvalue weighted by Crippen LogP contribution is -2.50. The Morgan fingerprint density at radius 3 is 2.31 bits per heavy atom. The first kappa shape index (κ1) is 21.8. The maximum Gasteiger partial charge on any atom is 0.260 e. The third kappa shape index (κ3) is 4.90. The van der Waals surface area contributed by atoms with Gasteiger partial charge >= 0.3 is 0 Å². The van der Waals surface area contributed by atoms with E-state index in [1.807, 2.05) is 48.2 Å². The highest BCUT2D eigenvalue weighted by Gasteiger charge is 2.22. The summed E-state index contributed by atoms with van der Waals surface area (Å²) < 4.78 is 5.67. The molecule has 4 rings (SSSR count). The summed E-state index contributed by atoms with van der Waals surface area (Å²) in [6.07, 6.45) is 0. The molecule has 0 saturated carbocycles. The quantitative estimate of drug-likeness (QED) is 0.610. The Balaban J connectivity index is 1.33. The zero-order valence-corrected chi connectivity index (χ0v) is 19.3. The molecule has 1 amide bonds. The zero-order valence-electron chi connectivity index (χ0n) is 19.3. The van der Waals surface area contributed by atoms with E-state index in [1.165, 1.54) is 16.7 Å². The second kappa shape index (κ2) is 9.39. The van der Waals surface area contributed by atoms with Gasteiger partial charge in [0, 0.05) is 31.7 Å². The van der Waals surface area contributed by atoms with Gasteiger partial charge in [0.15, 0.2) is 12.4 Å². The summed E-state index contributed by atoms with van der Waals surface area (Å²) in [4.78, 5) is 16.6. The largest absolute Gasteiger partial charge is 0.484 e. The van der Waals surface area contributed by atoms with Gasteiger partial charge in [-0.2, -0.15) is 0 Å². The van der Waals surface area contributed by atoms with Crippen molar-refractivity contribution < 1.29 is 9.53 Å². The molecule has 0 aliphatic carbocycles. The van der Waals surface area contributed by atoms with Gasteiger partial charge in [0.1, 0.15) is 5.75 Å². The Labute approximate surface area is 189 Å². The number of carbonyl (C=O) groups is 1. The van der Waals surface area contributed by atoms with Crippen LogP contribution in [-0.2, 0) is 4.79 Å². The van der Waals surface area contributed by atoms with E-state index in [9.17, 15) is 4.79 Å². The monoisotopic (exact) mass is 430 g/mol. The van der Waals surface area contributed by atoms with Gasteiger partial charge in [-0.1, -0.05) is 18.2 Å². The number of hydrogen-bond acceptors (Lipinski definition) is 5. The number of nitrogens with zero attached hydrogens (tertiary/aromatic N) is 4. The molecule has 1 aliphatic heterocycles. The predicted molar refractivity (Wildman–Crippen MR) is 127 cm³/mol. The van der Waals surface area contributed by atoms with Crippen LogP contribution < -0.4 is 9.64 Å². The van der Waals surface area contributed by atoms with Crippen LogP contribution in [0.3, 0.4) is 0 Å². The third-order valence-corrected chi connectivity index (χ3v) is 6.08. The van der Waals surface area contributed by atoms with Gasteiger partial charge in [-0.15, -0.1) is 10.2 Å². The molecule has 0 atom stereocenters. The average molecular weight is 431 g/mol. The number of amides is 1. The van der Waals surface area contributed by atoms with Gasteiger partial charge in [0.05, 0.1) is 5.69 Å². The second-order valence-corrected chi connectivity index (χ2v) is 8.50. The van der Waals surface area contributed by atoms with Gasteiger partial charge in [0.2, 0.25) is 0 Å². The Bertz CT molecular complexity index is 1100. The Morgan fingerprint density at radius 1 is 0.875 bits per heavy atom. The molecular formula is C26H30N4O2. The first-order chi connectivity index (χ1) is 15.4. The molecule has 32 heavy (non-hydrogen) atoms. The number of aryl methyl sites for hydroxylation is 4. The van der Waals surface area contributed by atoms with Crippen LogP contribution in [0, 0.1) is 27.7 Å². The number of rotatable bonds is 5. The topological polar surface area (TPSA) is 58.6 Å². The first-order valence-electron chi connectivity index (χ1n) is 11.0. The third-order valence-electron chi connectivity index (χ3n) is 6.08. The molecule has 1 saturated heterocycles. The van der Waals surface area contributed by atoms with Crippen LogP contribution >= 0.6 is 0 Å². The summed E-state index contributed by atoms with van der Waals surface area (Å²) in [6.45, 7) is 11.2. The van der Waals surface area contributed by atoms with E-state index in [0.29, 0.717) is 13.1 Å². The van der Waals surface area contributed by atoms with Crippen LogP contribution in [0.2, 0.25) is 0 Å². The summed E-state index contributed by atoms with van der Waals surface area (Å²) >= 11 is 0. The van der Waals surface area contributed by atoms with Gasteiger partial charge in [0.25, 0.3) is 5.91 Å². The molecule has 1 aliphatic rings. The zero-order chi connectivity index (χ0) is 22.7. The average Bonchev–Trinajstić information content (AvgIpc) is 2.80. The van der Waals surface area contributed by atoms with Crippen LogP contribution in [0.1, 0.15) is 22.3 Å². The predicted octanol–water partition coefficient (Wildman–Crippen LogP) is 4.10. The highest BCUT2D eigenvalue weighted by molar-refractivity contribution is 5.78. The van der Waals surface area contributed by atoms with Gasteiger partial charge < -0.3 is 14.5 Å². The van der Waals surface area contributed by atoms with Gasteiger partial charge in [-0.05, 0) is 80.3 Å². The lowest BCUT2D eigenvalue weighted by molar-refractivity contribution is -0.133. The fourth-order valence-electron chi connectivity index (χ4n) is 4.00. The molecule has 0 N–H and O–H groups in total. The molecule has 166 valence electrons. The Kier molecular flexibility index (Phi) is 6.40. The van der Waals surface area contributed by atoms with E-state index in [0.717, 1.165) is 41.5 Å². The molecule has 2 heterocycles. The summed E-state index contributed by atoms with van der Waals surface area (Å²) in [6, 6.07) is 16.2. The molecule has 0 spiro atoms. The normalized spacial score (nSPS) is 13.9. The number of benzene rings is 2. The van der Waals surface area contributed by atoms with Crippen molar-refractivity contribution in [3.8, 4) is 17.0 Å². The molecule has 0 radical (unpaired) electrons. The van der Waals surface area contributed by atoms with E-state index in [4.69, 9.17) is 4.74 Å². The highest BCUT2D eigenvalue weighted by Crippen LogP contribution is 2.25. The summed E-state index contributed by atoms with van der Waals surface area (Å²) in [5, 5.41) is 8.96. The van der Waals surface area contributed by atoms with Crippen LogP contribution in [0.4, 0.5) is 5.82 Å². The number of ether oxygens (including phenoxy) is 1. The lowest BCUT2D eigenvalue weighted by Gasteiger charge is -2.35. The molecule has 6 heteroatoms.